The summed E-state index contributed by atoms with van der Waals surface area (Å²) in [7, 11) is -3.02. The molecule has 3 heteroatoms. The van der Waals surface area contributed by atoms with Gasteiger partial charge in [0.05, 0.1) is 0 Å². The van der Waals surface area contributed by atoms with E-state index in [0.29, 0.717) is 0 Å². The number of rotatable bonds is 1. The van der Waals surface area contributed by atoms with Crippen LogP contribution in [0.1, 0.15) is 20.8 Å². The van der Waals surface area contributed by atoms with Crippen LogP contribution >= 0.6 is 0 Å². The van der Waals surface area contributed by atoms with E-state index in [9.17, 15) is 8.42 Å². The number of allylic oxidation sites excluding steroid dienone is 1. The molecule has 2 nitrogen and oxygen atoms in total. The van der Waals surface area contributed by atoms with Crippen molar-refractivity contribution in [2.75, 3.05) is 6.26 Å². The molecule has 0 radical (unpaired) electrons. The van der Waals surface area contributed by atoms with E-state index in [-0.39, 0.29) is 5.41 Å². The highest BCUT2D eigenvalue weighted by Crippen LogP contribution is 2.09. The zero-order valence-corrected chi connectivity index (χ0v) is 8.70. The predicted octanol–water partition coefficient (Wildman–Crippen LogP) is 1.59. The van der Waals surface area contributed by atoms with E-state index in [0.717, 1.165) is 11.7 Å². The first kappa shape index (κ1) is 11.2. The van der Waals surface area contributed by atoms with Crippen LogP contribution in [0.2, 0.25) is 0 Å². The topological polar surface area (TPSA) is 34.1 Å². The molecule has 0 aliphatic carbocycles. The van der Waals surface area contributed by atoms with Crippen LogP contribution in [0.25, 0.3) is 0 Å². The minimum absolute atomic E-state index is 0.0815. The molecule has 0 heterocycles. The molecule has 0 amide bonds. The van der Waals surface area contributed by atoms with Crippen LogP contribution in [-0.4, -0.2) is 14.7 Å². The van der Waals surface area contributed by atoms with Gasteiger partial charge in [0, 0.05) is 17.1 Å². The number of sulfone groups is 1. The highest BCUT2D eigenvalue weighted by molar-refractivity contribution is 7.93. The molecule has 0 aliphatic heterocycles. The molecule has 68 valence electrons. The van der Waals surface area contributed by atoms with E-state index in [1.54, 1.807) is 0 Å². The summed E-state index contributed by atoms with van der Waals surface area (Å²) in [6.07, 6.45) is 2.50. The number of hydrogen-bond acceptors (Lipinski definition) is 2. The van der Waals surface area contributed by atoms with Gasteiger partial charge in [0.25, 0.3) is 0 Å². The minimum Gasteiger partial charge on any atom is -0.225 e. The van der Waals surface area contributed by atoms with Crippen molar-refractivity contribution in [1.82, 2.24) is 0 Å². The van der Waals surface area contributed by atoms with Crippen molar-refractivity contribution in [3.05, 3.63) is 11.5 Å². The summed E-state index contributed by atoms with van der Waals surface area (Å²) in [5, 5.41) is 1.10. The van der Waals surface area contributed by atoms with E-state index >= 15 is 0 Å². The third-order valence-corrected chi connectivity index (χ3v) is 1.48. The van der Waals surface area contributed by atoms with Crippen LogP contribution < -0.4 is 0 Å². The fraction of sp³-hybridized carbons (Fsp3) is 0.556. The largest absolute Gasteiger partial charge is 0.225 e. The monoisotopic (exact) mass is 186 g/mol. The fourth-order valence-corrected chi connectivity index (χ4v) is 0.731. The average Bonchev–Trinajstić information content (AvgIpc) is 1.76. The maximum atomic E-state index is 10.6. The normalized spacial score (nSPS) is 12.7. The van der Waals surface area contributed by atoms with Gasteiger partial charge in [-0.2, -0.15) is 0 Å². The lowest BCUT2D eigenvalue weighted by Gasteiger charge is -2.05. The van der Waals surface area contributed by atoms with Crippen molar-refractivity contribution in [2.24, 2.45) is 5.41 Å². The third kappa shape index (κ3) is 9.25. The lowest BCUT2D eigenvalue weighted by atomic mass is 9.98. The van der Waals surface area contributed by atoms with Gasteiger partial charge in [-0.3, -0.25) is 0 Å². The van der Waals surface area contributed by atoms with Gasteiger partial charge in [0.2, 0.25) is 0 Å². The second-order valence-corrected chi connectivity index (χ2v) is 5.58. The Hall–Kier alpha value is -0.750. The van der Waals surface area contributed by atoms with Crippen LogP contribution in [0, 0.1) is 17.3 Å². The summed E-state index contributed by atoms with van der Waals surface area (Å²) < 4.78 is 21.2. The third-order valence-electron chi connectivity index (χ3n) is 0.846. The van der Waals surface area contributed by atoms with Crippen molar-refractivity contribution >= 4 is 9.84 Å². The molecule has 0 saturated carbocycles. The molecule has 0 aromatic carbocycles. The highest BCUT2D eigenvalue weighted by Gasteiger charge is 2.02. The zero-order valence-electron chi connectivity index (χ0n) is 7.88. The van der Waals surface area contributed by atoms with E-state index in [1.807, 2.05) is 20.8 Å². The molecular formula is C9H14O2S. The van der Waals surface area contributed by atoms with E-state index in [2.05, 4.69) is 11.8 Å². The second kappa shape index (κ2) is 3.77. The Labute approximate surface area is 74.6 Å². The first-order chi connectivity index (χ1) is 5.21. The maximum Gasteiger partial charge on any atom is 0.169 e. The van der Waals surface area contributed by atoms with Crippen LogP contribution in [0.3, 0.4) is 0 Å². The Morgan fingerprint density at radius 3 is 2.08 bits per heavy atom. The smallest absolute Gasteiger partial charge is 0.169 e. The summed E-state index contributed by atoms with van der Waals surface area (Å²) >= 11 is 0. The molecular weight excluding hydrogens is 172 g/mol. The average molecular weight is 186 g/mol. The van der Waals surface area contributed by atoms with Crippen LogP contribution in [0.5, 0.6) is 0 Å². The van der Waals surface area contributed by atoms with Crippen molar-refractivity contribution in [2.45, 2.75) is 20.8 Å². The highest BCUT2D eigenvalue weighted by atomic mass is 32.2. The molecule has 0 rings (SSSR count). The van der Waals surface area contributed by atoms with Crippen LogP contribution in [0.4, 0.5) is 0 Å². The SMILES string of the molecule is CC(C)(C)C#CC=CS(C)(=O)=O. The summed E-state index contributed by atoms with van der Waals surface area (Å²) in [4.78, 5) is 0. The number of hydrogen-bond donors (Lipinski definition) is 0. The molecule has 0 unspecified atom stereocenters. The first-order valence-electron chi connectivity index (χ1n) is 3.60. The van der Waals surface area contributed by atoms with Gasteiger partial charge in [-0.25, -0.2) is 8.42 Å². The molecule has 0 aromatic heterocycles. The van der Waals surface area contributed by atoms with Gasteiger partial charge in [-0.15, -0.1) is 0 Å². The molecule has 0 bridgehead atoms. The minimum atomic E-state index is -3.02. The van der Waals surface area contributed by atoms with Crippen molar-refractivity contribution in [3.8, 4) is 11.8 Å². The van der Waals surface area contributed by atoms with Gasteiger partial charge in [-0.1, -0.05) is 11.8 Å². The Balaban J connectivity index is 4.33. The van der Waals surface area contributed by atoms with Gasteiger partial charge in [0.15, 0.2) is 9.84 Å². The molecule has 12 heavy (non-hydrogen) atoms. The Morgan fingerprint density at radius 2 is 1.75 bits per heavy atom. The Kier molecular flexibility index (Phi) is 3.54. The van der Waals surface area contributed by atoms with Gasteiger partial charge in [0.1, 0.15) is 0 Å². The molecule has 0 spiro atoms. The molecule has 0 N–H and O–H groups in total. The zero-order chi connectivity index (χ0) is 9.83. The first-order valence-corrected chi connectivity index (χ1v) is 5.55. The van der Waals surface area contributed by atoms with Gasteiger partial charge >= 0.3 is 0 Å². The predicted molar refractivity (Wildman–Crippen MR) is 51.2 cm³/mol. The van der Waals surface area contributed by atoms with Crippen molar-refractivity contribution in [1.29, 1.82) is 0 Å². The standard InChI is InChI=1S/C9H14O2S/c1-9(2,3)7-5-6-8-12(4,10)11/h6,8H,1-4H3. The molecule has 0 aliphatic rings. The second-order valence-electron chi connectivity index (χ2n) is 3.65. The fourth-order valence-electron chi connectivity index (χ4n) is 0.416. The van der Waals surface area contributed by atoms with Crippen LogP contribution in [-0.2, 0) is 9.84 Å². The summed E-state index contributed by atoms with van der Waals surface area (Å²) in [5.41, 5.74) is -0.0815. The summed E-state index contributed by atoms with van der Waals surface area (Å²) in [6.45, 7) is 5.90. The lowest BCUT2D eigenvalue weighted by Crippen LogP contribution is -1.98. The Bertz CT molecular complexity index is 318. The van der Waals surface area contributed by atoms with Crippen molar-refractivity contribution in [3.63, 3.8) is 0 Å². The summed E-state index contributed by atoms with van der Waals surface area (Å²) in [5.74, 6) is 5.57. The Morgan fingerprint density at radius 1 is 1.25 bits per heavy atom. The van der Waals surface area contributed by atoms with E-state index < -0.39 is 9.84 Å². The lowest BCUT2D eigenvalue weighted by molar-refractivity contribution is 0.571. The van der Waals surface area contributed by atoms with E-state index in [4.69, 9.17) is 0 Å². The van der Waals surface area contributed by atoms with Gasteiger partial charge < -0.3 is 0 Å². The molecule has 0 aromatic rings. The molecule has 0 atom stereocenters. The van der Waals surface area contributed by atoms with Crippen molar-refractivity contribution < 1.29 is 8.42 Å². The quantitative estimate of drug-likeness (QED) is 0.583. The van der Waals surface area contributed by atoms with E-state index in [1.165, 1.54) is 6.08 Å². The summed E-state index contributed by atoms with van der Waals surface area (Å²) in [6, 6.07) is 0. The van der Waals surface area contributed by atoms with Gasteiger partial charge in [-0.05, 0) is 26.8 Å². The molecule has 0 fully saturated rings. The van der Waals surface area contributed by atoms with Crippen LogP contribution in [0.15, 0.2) is 11.5 Å². The maximum absolute atomic E-state index is 10.6. The molecule has 0 saturated heterocycles.